The number of likely N-dealkylation sites (N-methyl/N-ethyl adjacent to an activating group) is 1. The molecule has 0 fully saturated rings. The van der Waals surface area contributed by atoms with Gasteiger partial charge in [0.25, 0.3) is 0 Å². The van der Waals surface area contributed by atoms with Gasteiger partial charge < -0.3 is 19.9 Å². The second kappa shape index (κ2) is 9.34. The fourth-order valence-corrected chi connectivity index (χ4v) is 4.65. The maximum atomic E-state index is 9.55. The van der Waals surface area contributed by atoms with Gasteiger partial charge in [-0.1, -0.05) is 30.3 Å². The highest BCUT2D eigenvalue weighted by Crippen LogP contribution is 2.42. The van der Waals surface area contributed by atoms with Crippen LogP contribution in [0, 0.1) is 0 Å². The molecular weight excluding hydrogens is 420 g/mol. The number of fused-ring (bicyclic) bond motifs is 2. The number of aromatic amines is 1. The van der Waals surface area contributed by atoms with E-state index < -0.39 is 11.9 Å². The quantitative estimate of drug-likeness (QED) is 0.525. The molecule has 7 nitrogen and oxygen atoms in total. The van der Waals surface area contributed by atoms with E-state index in [4.69, 9.17) is 14.9 Å². The van der Waals surface area contributed by atoms with Gasteiger partial charge in [0.05, 0.1) is 7.11 Å². The minimum absolute atomic E-state index is 0.415. The highest BCUT2D eigenvalue weighted by atomic mass is 16.5. The average molecular weight is 447 g/mol. The summed E-state index contributed by atoms with van der Waals surface area (Å²) in [4.78, 5) is 25.1. The van der Waals surface area contributed by atoms with Gasteiger partial charge in [-0.3, -0.25) is 4.90 Å². The van der Waals surface area contributed by atoms with Crippen molar-refractivity contribution >= 4 is 28.4 Å². The number of ether oxygens (including phenoxy) is 1. The number of hydrogen-bond donors (Lipinski definition) is 3. The molecule has 0 bridgehead atoms. The van der Waals surface area contributed by atoms with E-state index >= 15 is 0 Å². The van der Waals surface area contributed by atoms with Crippen molar-refractivity contribution in [3.05, 3.63) is 83.6 Å². The summed E-state index contributed by atoms with van der Waals surface area (Å²) in [5.41, 5.74) is 6.93. The summed E-state index contributed by atoms with van der Waals surface area (Å²) in [6.45, 7) is 1.05. The molecule has 0 saturated carbocycles. The normalized spacial score (nSPS) is 19.4. The second-order valence-corrected chi connectivity index (χ2v) is 8.21. The Morgan fingerprint density at radius 1 is 1.09 bits per heavy atom. The number of benzene rings is 2. The Bertz CT molecular complexity index is 1220. The number of methoxy groups -OCH3 is 1. The highest BCUT2D eigenvalue weighted by molar-refractivity contribution is 5.98. The number of carbonyl (C=O) groups is 2. The predicted molar refractivity (Wildman–Crippen MR) is 127 cm³/mol. The summed E-state index contributed by atoms with van der Waals surface area (Å²) in [7, 11) is 3.97. The standard InChI is InChI=1S/C22H22N2O.C4H4O4/c1-24-13-16(14-6-8-17(25-2)9-7-14)10-19-18-4-3-5-20-22(18)15(12-23-20)11-21(19)24;5-3(6)1-2-4(7)8/h3-10,12,16,21,23H,11,13H2,1-2H3;1-2H,(H,5,6)(H,7,8)/b;2-1-/t16-,21-;/m1./s1. The van der Waals surface area contributed by atoms with E-state index in [0.717, 1.165) is 18.7 Å². The van der Waals surface area contributed by atoms with Crippen LogP contribution in [-0.4, -0.2) is 58.8 Å². The largest absolute Gasteiger partial charge is 0.497 e. The molecule has 2 atom stereocenters. The van der Waals surface area contributed by atoms with E-state index in [9.17, 15) is 9.59 Å². The van der Waals surface area contributed by atoms with Crippen LogP contribution in [0.25, 0.3) is 16.5 Å². The van der Waals surface area contributed by atoms with Crippen molar-refractivity contribution in [2.75, 3.05) is 20.7 Å². The number of aromatic nitrogens is 1. The first-order valence-corrected chi connectivity index (χ1v) is 10.7. The number of carboxylic acids is 2. The van der Waals surface area contributed by atoms with Gasteiger partial charge >= 0.3 is 11.9 Å². The zero-order valence-electron chi connectivity index (χ0n) is 18.5. The summed E-state index contributed by atoms with van der Waals surface area (Å²) in [6, 6.07) is 15.6. The van der Waals surface area contributed by atoms with E-state index in [0.29, 0.717) is 24.1 Å². The smallest absolute Gasteiger partial charge is 0.328 e. The van der Waals surface area contributed by atoms with Crippen LogP contribution in [0.4, 0.5) is 0 Å². The third-order valence-electron chi connectivity index (χ3n) is 6.18. The van der Waals surface area contributed by atoms with Crippen molar-refractivity contribution in [1.29, 1.82) is 0 Å². The Morgan fingerprint density at radius 2 is 1.79 bits per heavy atom. The number of carboxylic acid groups (broad SMARTS) is 2. The molecule has 7 heteroatoms. The summed E-state index contributed by atoms with van der Waals surface area (Å²) in [6.07, 6.45) is 6.89. The van der Waals surface area contributed by atoms with Crippen molar-refractivity contribution < 1.29 is 24.5 Å². The van der Waals surface area contributed by atoms with Crippen LogP contribution in [0.2, 0.25) is 0 Å². The lowest BCUT2D eigenvalue weighted by Gasteiger charge is -2.40. The molecule has 170 valence electrons. The van der Waals surface area contributed by atoms with E-state index in [1.54, 1.807) is 7.11 Å². The molecule has 2 aliphatic rings. The molecule has 2 heterocycles. The lowest BCUT2D eigenvalue weighted by Crippen LogP contribution is -2.41. The molecule has 0 radical (unpaired) electrons. The molecule has 1 aromatic heterocycles. The van der Waals surface area contributed by atoms with Gasteiger partial charge in [-0.05, 0) is 53.9 Å². The lowest BCUT2D eigenvalue weighted by atomic mass is 9.78. The van der Waals surface area contributed by atoms with Crippen LogP contribution in [-0.2, 0) is 16.0 Å². The Hall–Kier alpha value is -3.84. The summed E-state index contributed by atoms with van der Waals surface area (Å²) in [5, 5.41) is 17.0. The molecule has 5 rings (SSSR count). The molecule has 2 aromatic carbocycles. The molecule has 3 aromatic rings. The number of nitrogens with zero attached hydrogens (tertiary/aromatic N) is 1. The Morgan fingerprint density at radius 3 is 2.42 bits per heavy atom. The van der Waals surface area contributed by atoms with Crippen LogP contribution in [0.1, 0.15) is 22.6 Å². The fraction of sp³-hybridized carbons (Fsp3) is 0.231. The highest BCUT2D eigenvalue weighted by Gasteiger charge is 2.33. The number of H-pyrrole nitrogens is 1. The summed E-state index contributed by atoms with van der Waals surface area (Å²) < 4.78 is 5.30. The molecule has 0 unspecified atom stereocenters. The van der Waals surface area contributed by atoms with Gasteiger partial charge in [-0.25, -0.2) is 9.59 Å². The Kier molecular flexibility index (Phi) is 6.33. The van der Waals surface area contributed by atoms with Crippen molar-refractivity contribution in [1.82, 2.24) is 9.88 Å². The first kappa shape index (κ1) is 22.4. The maximum absolute atomic E-state index is 9.55. The van der Waals surface area contributed by atoms with E-state index in [1.165, 1.54) is 33.2 Å². The molecule has 3 N–H and O–H groups in total. The molecule has 0 saturated heterocycles. The number of nitrogens with one attached hydrogen (secondary N) is 1. The zero-order valence-corrected chi connectivity index (χ0v) is 18.5. The number of aliphatic carboxylic acids is 2. The average Bonchev–Trinajstić information content (AvgIpc) is 3.23. The van der Waals surface area contributed by atoms with Gasteiger partial charge in [-0.15, -0.1) is 0 Å². The van der Waals surface area contributed by atoms with Crippen LogP contribution < -0.4 is 4.74 Å². The molecule has 0 spiro atoms. The minimum atomic E-state index is -1.26. The van der Waals surface area contributed by atoms with Gasteiger partial charge in [-0.2, -0.15) is 0 Å². The molecule has 33 heavy (non-hydrogen) atoms. The van der Waals surface area contributed by atoms with Crippen molar-refractivity contribution in [3.8, 4) is 5.75 Å². The Balaban J connectivity index is 0.000000281. The van der Waals surface area contributed by atoms with E-state index in [2.05, 4.69) is 71.7 Å². The third kappa shape index (κ3) is 4.68. The van der Waals surface area contributed by atoms with Crippen LogP contribution in [0.5, 0.6) is 5.75 Å². The molecule has 0 amide bonds. The van der Waals surface area contributed by atoms with Gasteiger partial charge in [0.2, 0.25) is 0 Å². The lowest BCUT2D eigenvalue weighted by molar-refractivity contribution is -0.134. The summed E-state index contributed by atoms with van der Waals surface area (Å²) in [5.74, 6) is -1.18. The number of hydrogen-bond acceptors (Lipinski definition) is 4. The maximum Gasteiger partial charge on any atom is 0.328 e. The van der Waals surface area contributed by atoms with Crippen molar-refractivity contribution in [2.24, 2.45) is 0 Å². The van der Waals surface area contributed by atoms with Gasteiger partial charge in [0.1, 0.15) is 5.75 Å². The van der Waals surface area contributed by atoms with Crippen molar-refractivity contribution in [2.45, 2.75) is 18.4 Å². The van der Waals surface area contributed by atoms with E-state index in [-0.39, 0.29) is 0 Å². The van der Waals surface area contributed by atoms with Gasteiger partial charge in [0.15, 0.2) is 0 Å². The SMILES string of the molecule is COc1ccc([C@@H]2C=C3c4cccc5[nH]cc(c45)C[C@H]3N(C)C2)cc1.O=C(O)/C=C\C(=O)O. The minimum Gasteiger partial charge on any atom is -0.497 e. The first-order chi connectivity index (χ1) is 15.9. The molecular formula is C26H26N2O5. The fourth-order valence-electron chi connectivity index (χ4n) is 4.65. The zero-order chi connectivity index (χ0) is 23.5. The molecule has 1 aliphatic carbocycles. The molecule has 1 aliphatic heterocycles. The van der Waals surface area contributed by atoms with Crippen LogP contribution in [0.3, 0.4) is 0 Å². The number of rotatable bonds is 4. The predicted octanol–water partition coefficient (Wildman–Crippen LogP) is 3.93. The monoisotopic (exact) mass is 446 g/mol. The van der Waals surface area contributed by atoms with Gasteiger partial charge in [0, 0.05) is 47.8 Å². The van der Waals surface area contributed by atoms with Crippen LogP contribution >= 0.6 is 0 Å². The van der Waals surface area contributed by atoms with E-state index in [1.807, 2.05) is 0 Å². The Labute approximate surface area is 191 Å². The van der Waals surface area contributed by atoms with Crippen LogP contribution in [0.15, 0.2) is 66.9 Å². The topological polar surface area (TPSA) is 103 Å². The summed E-state index contributed by atoms with van der Waals surface area (Å²) >= 11 is 0. The third-order valence-corrected chi connectivity index (χ3v) is 6.18. The first-order valence-electron chi connectivity index (χ1n) is 10.7. The second-order valence-electron chi connectivity index (χ2n) is 8.21. The van der Waals surface area contributed by atoms with Crippen molar-refractivity contribution in [3.63, 3.8) is 0 Å².